The van der Waals surface area contributed by atoms with E-state index in [-0.39, 0.29) is 11.6 Å². The summed E-state index contributed by atoms with van der Waals surface area (Å²) in [6.07, 6.45) is 4.75. The SMILES string of the molecule is O=C(NCc1cccc(Cn2cncn2)c1)c1cc(-c2ccco2)n(-c2cccc(Cl)c2)n1. The average molecular weight is 459 g/mol. The Morgan fingerprint density at radius 1 is 1.03 bits per heavy atom. The zero-order chi connectivity index (χ0) is 22.6. The summed E-state index contributed by atoms with van der Waals surface area (Å²) >= 11 is 6.16. The molecule has 0 aliphatic carbocycles. The summed E-state index contributed by atoms with van der Waals surface area (Å²) in [6, 6.07) is 20.5. The summed E-state index contributed by atoms with van der Waals surface area (Å²) in [5.41, 5.74) is 3.70. The van der Waals surface area contributed by atoms with Crippen molar-refractivity contribution in [1.29, 1.82) is 0 Å². The molecule has 1 amide bonds. The lowest BCUT2D eigenvalue weighted by atomic mass is 10.1. The van der Waals surface area contributed by atoms with Crippen molar-refractivity contribution in [2.24, 2.45) is 0 Å². The van der Waals surface area contributed by atoms with Crippen molar-refractivity contribution in [3.8, 4) is 17.1 Å². The second-order valence-corrected chi connectivity index (χ2v) is 7.82. The summed E-state index contributed by atoms with van der Waals surface area (Å²) in [7, 11) is 0. The monoisotopic (exact) mass is 458 g/mol. The van der Waals surface area contributed by atoms with Gasteiger partial charge < -0.3 is 9.73 Å². The third-order valence-corrected chi connectivity index (χ3v) is 5.26. The van der Waals surface area contributed by atoms with Gasteiger partial charge in [0.15, 0.2) is 11.5 Å². The lowest BCUT2D eigenvalue weighted by Crippen LogP contribution is -2.23. The highest BCUT2D eigenvalue weighted by Gasteiger charge is 2.18. The zero-order valence-electron chi connectivity index (χ0n) is 17.4. The molecule has 2 aromatic carbocycles. The lowest BCUT2D eigenvalue weighted by molar-refractivity contribution is 0.0945. The Bertz CT molecular complexity index is 1380. The van der Waals surface area contributed by atoms with Gasteiger partial charge in [0, 0.05) is 17.6 Å². The van der Waals surface area contributed by atoms with Crippen LogP contribution in [0.5, 0.6) is 0 Å². The van der Waals surface area contributed by atoms with E-state index in [2.05, 4.69) is 20.5 Å². The molecule has 0 unspecified atom stereocenters. The number of benzene rings is 2. The topological polar surface area (TPSA) is 90.8 Å². The van der Waals surface area contributed by atoms with Crippen LogP contribution in [0.2, 0.25) is 5.02 Å². The number of carbonyl (C=O) groups excluding carboxylic acids is 1. The van der Waals surface area contributed by atoms with Gasteiger partial charge in [-0.05, 0) is 41.5 Å². The molecular weight excluding hydrogens is 440 g/mol. The van der Waals surface area contributed by atoms with E-state index in [0.29, 0.717) is 29.6 Å². The highest BCUT2D eigenvalue weighted by Crippen LogP contribution is 2.26. The van der Waals surface area contributed by atoms with Crippen LogP contribution < -0.4 is 5.32 Å². The van der Waals surface area contributed by atoms with E-state index < -0.39 is 0 Å². The molecule has 9 heteroatoms. The van der Waals surface area contributed by atoms with Crippen molar-refractivity contribution in [3.63, 3.8) is 0 Å². The van der Waals surface area contributed by atoms with E-state index in [1.54, 1.807) is 46.2 Å². The van der Waals surface area contributed by atoms with Crippen molar-refractivity contribution in [2.75, 3.05) is 0 Å². The van der Waals surface area contributed by atoms with Gasteiger partial charge in [-0.25, -0.2) is 14.3 Å². The van der Waals surface area contributed by atoms with Crippen LogP contribution in [0.4, 0.5) is 0 Å². The third-order valence-electron chi connectivity index (χ3n) is 5.02. The highest BCUT2D eigenvalue weighted by molar-refractivity contribution is 6.30. The Morgan fingerprint density at radius 2 is 1.91 bits per heavy atom. The lowest BCUT2D eigenvalue weighted by Gasteiger charge is -2.07. The van der Waals surface area contributed by atoms with Crippen LogP contribution >= 0.6 is 11.6 Å². The van der Waals surface area contributed by atoms with Gasteiger partial charge in [-0.1, -0.05) is 41.9 Å². The first kappa shape index (κ1) is 20.7. The predicted molar refractivity (Wildman–Crippen MR) is 123 cm³/mol. The Kier molecular flexibility index (Phi) is 5.73. The molecule has 164 valence electrons. The largest absolute Gasteiger partial charge is 0.463 e. The van der Waals surface area contributed by atoms with Gasteiger partial charge in [-0.15, -0.1) is 0 Å². The van der Waals surface area contributed by atoms with Gasteiger partial charge in [0.25, 0.3) is 5.91 Å². The quantitative estimate of drug-likeness (QED) is 0.391. The van der Waals surface area contributed by atoms with Gasteiger partial charge in [-0.3, -0.25) is 4.79 Å². The normalized spacial score (nSPS) is 10.9. The molecule has 0 spiro atoms. The second-order valence-electron chi connectivity index (χ2n) is 7.38. The zero-order valence-corrected chi connectivity index (χ0v) is 18.2. The first-order valence-electron chi connectivity index (χ1n) is 10.2. The van der Waals surface area contributed by atoms with Gasteiger partial charge in [0.2, 0.25) is 0 Å². The first-order valence-corrected chi connectivity index (χ1v) is 10.6. The average Bonchev–Trinajstić information content (AvgIpc) is 3.59. The maximum Gasteiger partial charge on any atom is 0.272 e. The first-order chi connectivity index (χ1) is 16.2. The van der Waals surface area contributed by atoms with Gasteiger partial charge in [0.1, 0.15) is 18.3 Å². The van der Waals surface area contributed by atoms with Crippen molar-refractivity contribution in [2.45, 2.75) is 13.1 Å². The van der Waals surface area contributed by atoms with E-state index >= 15 is 0 Å². The van der Waals surface area contributed by atoms with E-state index in [1.165, 1.54) is 6.33 Å². The summed E-state index contributed by atoms with van der Waals surface area (Å²) in [4.78, 5) is 16.9. The molecule has 8 nitrogen and oxygen atoms in total. The molecule has 33 heavy (non-hydrogen) atoms. The number of aromatic nitrogens is 5. The number of carbonyl (C=O) groups is 1. The molecule has 5 aromatic rings. The fraction of sp³-hybridized carbons (Fsp3) is 0.0833. The van der Waals surface area contributed by atoms with Gasteiger partial charge in [0.05, 0.1) is 18.5 Å². The van der Waals surface area contributed by atoms with Gasteiger partial charge in [-0.2, -0.15) is 10.2 Å². The summed E-state index contributed by atoms with van der Waals surface area (Å²) in [6.45, 7) is 0.975. The minimum Gasteiger partial charge on any atom is -0.463 e. The number of halogens is 1. The fourth-order valence-electron chi connectivity index (χ4n) is 3.51. The highest BCUT2D eigenvalue weighted by atomic mass is 35.5. The molecule has 5 rings (SSSR count). The third kappa shape index (κ3) is 4.70. The van der Waals surface area contributed by atoms with Crippen molar-refractivity contribution < 1.29 is 9.21 Å². The Morgan fingerprint density at radius 3 is 2.70 bits per heavy atom. The van der Waals surface area contributed by atoms with Crippen LogP contribution in [-0.4, -0.2) is 30.5 Å². The van der Waals surface area contributed by atoms with Crippen molar-refractivity contribution in [3.05, 3.63) is 107 Å². The molecule has 0 aliphatic rings. The van der Waals surface area contributed by atoms with E-state index in [9.17, 15) is 4.79 Å². The molecule has 0 saturated heterocycles. The molecule has 3 aromatic heterocycles. The smallest absolute Gasteiger partial charge is 0.272 e. The molecule has 0 aliphatic heterocycles. The van der Waals surface area contributed by atoms with Crippen LogP contribution in [0.25, 0.3) is 17.1 Å². The Hall–Kier alpha value is -4.17. The van der Waals surface area contributed by atoms with Crippen LogP contribution in [0.15, 0.2) is 90.1 Å². The summed E-state index contributed by atoms with van der Waals surface area (Å²) < 4.78 is 8.95. The number of nitrogens with one attached hydrogen (secondary N) is 1. The van der Waals surface area contributed by atoms with Gasteiger partial charge >= 0.3 is 0 Å². The van der Waals surface area contributed by atoms with Crippen LogP contribution in [0.1, 0.15) is 21.6 Å². The Balaban J connectivity index is 1.35. The minimum atomic E-state index is -0.287. The molecular formula is C24H19ClN6O2. The van der Waals surface area contributed by atoms with E-state index in [4.69, 9.17) is 16.0 Å². The van der Waals surface area contributed by atoms with Crippen LogP contribution in [0.3, 0.4) is 0 Å². The molecule has 0 fully saturated rings. The molecule has 0 atom stereocenters. The molecule has 3 heterocycles. The number of nitrogens with zero attached hydrogens (tertiary/aromatic N) is 5. The standard InChI is InChI=1S/C24H19ClN6O2/c25-19-6-2-7-20(11-19)31-22(23-8-3-9-33-23)12-21(29-31)24(32)27-13-17-4-1-5-18(10-17)14-30-16-26-15-28-30/h1-12,15-16H,13-14H2,(H,27,32). The van der Waals surface area contributed by atoms with Crippen molar-refractivity contribution in [1.82, 2.24) is 29.9 Å². The van der Waals surface area contributed by atoms with Crippen molar-refractivity contribution >= 4 is 17.5 Å². The fourth-order valence-corrected chi connectivity index (χ4v) is 3.69. The van der Waals surface area contributed by atoms with E-state index in [0.717, 1.165) is 16.8 Å². The van der Waals surface area contributed by atoms with Crippen LogP contribution in [0, 0.1) is 0 Å². The van der Waals surface area contributed by atoms with E-state index in [1.807, 2.05) is 42.5 Å². The maximum absolute atomic E-state index is 12.9. The number of rotatable bonds is 7. The summed E-state index contributed by atoms with van der Waals surface area (Å²) in [5.74, 6) is 0.313. The molecule has 0 bridgehead atoms. The van der Waals surface area contributed by atoms with Crippen LogP contribution in [-0.2, 0) is 13.1 Å². The second kappa shape index (κ2) is 9.13. The predicted octanol–water partition coefficient (Wildman–Crippen LogP) is 4.36. The minimum absolute atomic E-state index is 0.278. The molecule has 1 N–H and O–H groups in total. The Labute approximate surface area is 194 Å². The molecule has 0 radical (unpaired) electrons. The maximum atomic E-state index is 12.9. The number of hydrogen-bond donors (Lipinski definition) is 1. The summed E-state index contributed by atoms with van der Waals surface area (Å²) in [5, 5.41) is 12.2. The number of furan rings is 1. The number of hydrogen-bond acceptors (Lipinski definition) is 5. The number of amides is 1. The molecule has 0 saturated carbocycles.